The van der Waals surface area contributed by atoms with E-state index in [2.05, 4.69) is 0 Å². The highest BCUT2D eigenvalue weighted by Gasteiger charge is 2.34. The number of hydrogen-bond acceptors (Lipinski definition) is 6. The van der Waals surface area contributed by atoms with Crippen LogP contribution >= 0.6 is 11.6 Å². The number of benzene rings is 2. The van der Waals surface area contributed by atoms with E-state index >= 15 is 0 Å². The lowest BCUT2D eigenvalue weighted by molar-refractivity contribution is -0.143. The topological polar surface area (TPSA) is 97.8 Å². The summed E-state index contributed by atoms with van der Waals surface area (Å²) < 4.78 is 29.5. The van der Waals surface area contributed by atoms with Crippen molar-refractivity contribution in [3.05, 3.63) is 64.7 Å². The fraction of sp³-hybridized carbons (Fsp3) is 0.286. The predicted octanol–water partition coefficient (Wildman–Crippen LogP) is 3.12. The first-order valence-electron chi connectivity index (χ1n) is 9.39. The Morgan fingerprint density at radius 3 is 2.13 bits per heavy atom. The molecule has 2 aromatic carbocycles. The molecule has 3 rings (SSSR count). The van der Waals surface area contributed by atoms with Crippen LogP contribution < -0.4 is 0 Å². The van der Waals surface area contributed by atoms with Crippen molar-refractivity contribution in [3.8, 4) is 0 Å². The van der Waals surface area contributed by atoms with Crippen molar-refractivity contribution >= 4 is 39.2 Å². The Kier molecular flexibility index (Phi) is 6.89. The molecule has 0 unspecified atom stereocenters. The minimum atomic E-state index is -3.60. The number of imide groups is 1. The minimum absolute atomic E-state index is 0.0863. The summed E-state index contributed by atoms with van der Waals surface area (Å²) in [5, 5.41) is 0.426. The number of hydrogen-bond donors (Lipinski definition) is 0. The summed E-state index contributed by atoms with van der Waals surface area (Å²) in [6.07, 6.45) is 0.661. The zero-order valence-corrected chi connectivity index (χ0v) is 17.6. The van der Waals surface area contributed by atoms with Gasteiger partial charge in [-0.1, -0.05) is 23.7 Å². The maximum Gasteiger partial charge on any atom is 0.306 e. The van der Waals surface area contributed by atoms with Crippen LogP contribution in [-0.4, -0.2) is 50.0 Å². The van der Waals surface area contributed by atoms with Crippen molar-refractivity contribution in [2.45, 2.75) is 24.2 Å². The van der Waals surface area contributed by atoms with Gasteiger partial charge in [0.05, 0.1) is 34.8 Å². The van der Waals surface area contributed by atoms with Crippen LogP contribution in [0, 0.1) is 0 Å². The summed E-state index contributed by atoms with van der Waals surface area (Å²) in [6, 6.07) is 12.4. The monoisotopic (exact) mass is 449 g/mol. The molecule has 158 valence electrons. The third-order valence-corrected chi connectivity index (χ3v) is 6.65. The summed E-state index contributed by atoms with van der Waals surface area (Å²) in [5.74, 6) is -1.61. The zero-order chi connectivity index (χ0) is 21.7. The number of halogens is 1. The fourth-order valence-electron chi connectivity index (χ4n) is 3.05. The van der Waals surface area contributed by atoms with Gasteiger partial charge in [-0.25, -0.2) is 8.42 Å². The van der Waals surface area contributed by atoms with Crippen LogP contribution in [0.5, 0.6) is 0 Å². The van der Waals surface area contributed by atoms with Crippen LogP contribution in [0.1, 0.15) is 40.0 Å². The lowest BCUT2D eigenvalue weighted by atomic mass is 10.1. The van der Waals surface area contributed by atoms with Crippen molar-refractivity contribution in [2.75, 3.05) is 18.9 Å². The van der Waals surface area contributed by atoms with Gasteiger partial charge in [-0.3, -0.25) is 19.3 Å². The first-order chi connectivity index (χ1) is 14.3. The quantitative estimate of drug-likeness (QED) is 0.331. The Morgan fingerprint density at radius 1 is 0.933 bits per heavy atom. The Hall–Kier alpha value is -2.71. The first kappa shape index (κ1) is 22.0. The zero-order valence-electron chi connectivity index (χ0n) is 16.0. The van der Waals surface area contributed by atoms with Crippen LogP contribution in [-0.2, 0) is 19.4 Å². The number of sulfone groups is 1. The van der Waals surface area contributed by atoms with Crippen LogP contribution in [0.3, 0.4) is 0 Å². The normalized spacial score (nSPS) is 13.4. The molecule has 0 atom stereocenters. The van der Waals surface area contributed by atoms with Gasteiger partial charge in [-0.05, 0) is 49.2 Å². The lowest BCUT2D eigenvalue weighted by Crippen LogP contribution is -2.30. The Balaban J connectivity index is 1.37. The minimum Gasteiger partial charge on any atom is -0.466 e. The molecule has 9 heteroatoms. The standard InChI is InChI=1S/C21H20ClNO6S/c22-15-7-9-16(10-8-15)30(27,28)14-11-19(24)29-13-4-3-12-23-20(25)17-5-1-2-6-18(17)21(23)26/h1-2,5-10H,3-4,11-14H2. The van der Waals surface area contributed by atoms with Gasteiger partial charge >= 0.3 is 5.97 Å². The average molecular weight is 450 g/mol. The molecular weight excluding hydrogens is 430 g/mol. The van der Waals surface area contributed by atoms with Gasteiger partial charge in [0, 0.05) is 11.6 Å². The van der Waals surface area contributed by atoms with Crippen molar-refractivity contribution in [1.29, 1.82) is 0 Å². The maximum atomic E-state index is 12.2. The smallest absolute Gasteiger partial charge is 0.306 e. The van der Waals surface area contributed by atoms with Gasteiger partial charge in [0.15, 0.2) is 9.84 Å². The molecule has 7 nitrogen and oxygen atoms in total. The molecule has 0 fully saturated rings. The third-order valence-electron chi connectivity index (χ3n) is 4.66. The van der Waals surface area contributed by atoms with Crippen LogP contribution in [0.4, 0.5) is 0 Å². The molecule has 2 aromatic rings. The van der Waals surface area contributed by atoms with Gasteiger partial charge in [0.1, 0.15) is 0 Å². The molecule has 30 heavy (non-hydrogen) atoms. The van der Waals surface area contributed by atoms with E-state index in [1.54, 1.807) is 24.3 Å². The van der Waals surface area contributed by atoms with Crippen LogP contribution in [0.15, 0.2) is 53.4 Å². The van der Waals surface area contributed by atoms with E-state index < -0.39 is 15.8 Å². The molecule has 0 saturated carbocycles. The number of ether oxygens (including phenoxy) is 1. The average Bonchev–Trinajstić information content (AvgIpc) is 2.97. The Morgan fingerprint density at radius 2 is 1.53 bits per heavy atom. The number of esters is 1. The largest absolute Gasteiger partial charge is 0.466 e. The van der Waals surface area contributed by atoms with Crippen LogP contribution in [0.25, 0.3) is 0 Å². The van der Waals surface area contributed by atoms with E-state index in [1.807, 2.05) is 0 Å². The second-order valence-corrected chi connectivity index (χ2v) is 9.30. The van der Waals surface area contributed by atoms with Gasteiger partial charge in [-0.15, -0.1) is 0 Å². The van der Waals surface area contributed by atoms with E-state index in [0.29, 0.717) is 29.0 Å². The number of carbonyl (C=O) groups excluding carboxylic acids is 3. The molecule has 1 aliphatic rings. The predicted molar refractivity (Wildman–Crippen MR) is 110 cm³/mol. The molecule has 2 amide bonds. The highest BCUT2D eigenvalue weighted by Crippen LogP contribution is 2.22. The van der Waals surface area contributed by atoms with Gasteiger partial charge in [0.25, 0.3) is 11.8 Å². The van der Waals surface area contributed by atoms with E-state index in [9.17, 15) is 22.8 Å². The van der Waals surface area contributed by atoms with E-state index in [0.717, 1.165) is 0 Å². The van der Waals surface area contributed by atoms with Gasteiger partial charge in [-0.2, -0.15) is 0 Å². The van der Waals surface area contributed by atoms with E-state index in [4.69, 9.17) is 16.3 Å². The summed E-state index contributed by atoms with van der Waals surface area (Å²) >= 11 is 5.74. The SMILES string of the molecule is O=C(CCS(=O)(=O)c1ccc(Cl)cc1)OCCCCN1C(=O)c2ccccc2C1=O. The fourth-order valence-corrected chi connectivity index (χ4v) is 4.40. The highest BCUT2D eigenvalue weighted by molar-refractivity contribution is 7.91. The third kappa shape index (κ3) is 5.06. The number of fused-ring (bicyclic) bond motifs is 1. The molecule has 0 N–H and O–H groups in total. The number of amides is 2. The summed E-state index contributed by atoms with van der Waals surface area (Å²) in [5.41, 5.74) is 0.798. The van der Waals surface area contributed by atoms with E-state index in [-0.39, 0.29) is 42.0 Å². The van der Waals surface area contributed by atoms with Crippen molar-refractivity contribution < 1.29 is 27.5 Å². The molecule has 1 heterocycles. The number of nitrogens with zero attached hydrogens (tertiary/aromatic N) is 1. The molecule has 0 spiro atoms. The second kappa shape index (κ2) is 9.40. The van der Waals surface area contributed by atoms with Crippen molar-refractivity contribution in [3.63, 3.8) is 0 Å². The van der Waals surface area contributed by atoms with Crippen molar-refractivity contribution in [1.82, 2.24) is 4.90 Å². The molecule has 0 saturated heterocycles. The van der Waals surface area contributed by atoms with Gasteiger partial charge in [0.2, 0.25) is 0 Å². The lowest BCUT2D eigenvalue weighted by Gasteiger charge is -2.13. The van der Waals surface area contributed by atoms with E-state index in [1.165, 1.54) is 29.2 Å². The summed E-state index contributed by atoms with van der Waals surface area (Å²) in [7, 11) is -3.60. The van der Waals surface area contributed by atoms with Crippen LogP contribution in [0.2, 0.25) is 5.02 Å². The molecular formula is C21H20ClNO6S. The molecule has 1 aliphatic heterocycles. The first-order valence-corrected chi connectivity index (χ1v) is 11.4. The molecule has 0 bridgehead atoms. The Labute approximate surface area is 179 Å². The molecule has 0 aliphatic carbocycles. The molecule has 0 radical (unpaired) electrons. The molecule has 0 aromatic heterocycles. The number of carbonyl (C=O) groups is 3. The Bertz CT molecular complexity index is 1030. The van der Waals surface area contributed by atoms with Crippen molar-refractivity contribution in [2.24, 2.45) is 0 Å². The van der Waals surface area contributed by atoms with Gasteiger partial charge < -0.3 is 4.74 Å². The number of unbranched alkanes of at least 4 members (excludes halogenated alkanes) is 1. The summed E-state index contributed by atoms with van der Waals surface area (Å²) in [4.78, 5) is 37.6. The highest BCUT2D eigenvalue weighted by atomic mass is 35.5. The number of rotatable bonds is 9. The maximum absolute atomic E-state index is 12.2. The second-order valence-electron chi connectivity index (χ2n) is 6.76. The summed E-state index contributed by atoms with van der Waals surface area (Å²) in [6.45, 7) is 0.317.